The topological polar surface area (TPSA) is 49.4 Å². The zero-order chi connectivity index (χ0) is 20.9. The molecular weight excluding hydrogens is 392 g/mol. The molecule has 0 aliphatic heterocycles. The highest BCUT2D eigenvalue weighted by Gasteiger charge is 2.29. The van der Waals surface area contributed by atoms with Crippen molar-refractivity contribution in [1.29, 1.82) is 0 Å². The Kier molecular flexibility index (Phi) is 6.29. The Bertz CT molecular complexity index is 1030. The molecule has 0 unspecified atom stereocenters. The molecule has 2 amide bonds. The Labute approximate surface area is 181 Å². The van der Waals surface area contributed by atoms with Gasteiger partial charge in [-0.15, -0.1) is 11.3 Å². The maximum atomic E-state index is 13.6. The Morgan fingerprint density at radius 3 is 2.33 bits per heavy atom. The number of thiophene rings is 1. The first-order chi connectivity index (χ1) is 14.7. The number of fused-ring (bicyclic) bond motifs is 1. The van der Waals surface area contributed by atoms with Gasteiger partial charge in [0.15, 0.2) is 0 Å². The highest BCUT2D eigenvalue weighted by molar-refractivity contribution is 7.17. The molecule has 0 radical (unpaired) electrons. The molecule has 1 aromatic heterocycles. The van der Waals surface area contributed by atoms with Crippen molar-refractivity contribution < 1.29 is 9.59 Å². The van der Waals surface area contributed by atoms with E-state index in [1.807, 2.05) is 60.4 Å². The lowest BCUT2D eigenvalue weighted by molar-refractivity contribution is 0.0753. The zero-order valence-electron chi connectivity index (χ0n) is 17.2. The molecule has 4 nitrogen and oxygen atoms in total. The van der Waals surface area contributed by atoms with Gasteiger partial charge < -0.3 is 10.2 Å². The first-order valence-corrected chi connectivity index (χ1v) is 11.3. The van der Waals surface area contributed by atoms with Gasteiger partial charge in [0.1, 0.15) is 5.00 Å². The second-order valence-corrected chi connectivity index (χ2v) is 8.65. The molecule has 0 atom stereocenters. The molecule has 0 spiro atoms. The number of carbonyl (C=O) groups is 2. The van der Waals surface area contributed by atoms with E-state index >= 15 is 0 Å². The number of nitrogens with zero attached hydrogens (tertiary/aromatic N) is 1. The predicted octanol–water partition coefficient (Wildman–Crippen LogP) is 5.54. The number of amides is 2. The van der Waals surface area contributed by atoms with Crippen molar-refractivity contribution in [2.24, 2.45) is 0 Å². The highest BCUT2D eigenvalue weighted by Crippen LogP contribution is 2.39. The van der Waals surface area contributed by atoms with E-state index in [2.05, 4.69) is 5.32 Å². The average Bonchev–Trinajstić information content (AvgIpc) is 3.16. The van der Waals surface area contributed by atoms with Crippen LogP contribution in [0.3, 0.4) is 0 Å². The number of benzene rings is 2. The molecule has 1 aliphatic carbocycles. The molecule has 1 heterocycles. The van der Waals surface area contributed by atoms with E-state index in [1.165, 1.54) is 4.88 Å². The third-order valence-corrected chi connectivity index (χ3v) is 6.74. The van der Waals surface area contributed by atoms with Crippen molar-refractivity contribution in [3.8, 4) is 0 Å². The fourth-order valence-electron chi connectivity index (χ4n) is 3.93. The maximum Gasteiger partial charge on any atom is 0.257 e. The normalized spacial score (nSPS) is 12.8. The van der Waals surface area contributed by atoms with Gasteiger partial charge in [-0.2, -0.15) is 0 Å². The maximum absolute atomic E-state index is 13.6. The molecule has 5 heteroatoms. The standard InChI is InChI=1S/C25H26N2O2S/c1-2-27(17-18-11-5-3-6-12-18)25(29)22-20-15-9-10-16-21(20)30-24(22)26-23(28)19-13-7-4-8-14-19/h3-8,11-14H,2,9-10,15-17H2,1H3,(H,26,28). The van der Waals surface area contributed by atoms with Crippen molar-refractivity contribution in [3.05, 3.63) is 87.8 Å². The summed E-state index contributed by atoms with van der Waals surface area (Å²) in [5, 5.41) is 3.73. The number of rotatable bonds is 6. The van der Waals surface area contributed by atoms with Gasteiger partial charge in [0.05, 0.1) is 5.56 Å². The number of carbonyl (C=O) groups excluding carboxylic acids is 2. The Morgan fingerprint density at radius 1 is 0.967 bits per heavy atom. The summed E-state index contributed by atoms with van der Waals surface area (Å²) in [6, 6.07) is 19.2. The Hall–Kier alpha value is -2.92. The largest absolute Gasteiger partial charge is 0.334 e. The van der Waals surface area contributed by atoms with Crippen LogP contribution in [0.2, 0.25) is 0 Å². The fourth-order valence-corrected chi connectivity index (χ4v) is 5.21. The molecule has 1 N–H and O–H groups in total. The highest BCUT2D eigenvalue weighted by atomic mass is 32.1. The lowest BCUT2D eigenvalue weighted by atomic mass is 9.95. The third kappa shape index (κ3) is 4.31. The van der Waals surface area contributed by atoms with Gasteiger partial charge >= 0.3 is 0 Å². The minimum atomic E-state index is -0.172. The van der Waals surface area contributed by atoms with E-state index in [9.17, 15) is 9.59 Å². The molecule has 0 saturated carbocycles. The minimum absolute atomic E-state index is 0.00381. The lowest BCUT2D eigenvalue weighted by Gasteiger charge is -2.23. The van der Waals surface area contributed by atoms with Crippen molar-refractivity contribution in [1.82, 2.24) is 4.90 Å². The van der Waals surface area contributed by atoms with Crippen molar-refractivity contribution in [3.63, 3.8) is 0 Å². The minimum Gasteiger partial charge on any atom is -0.334 e. The molecule has 30 heavy (non-hydrogen) atoms. The van der Waals surface area contributed by atoms with Crippen LogP contribution in [0.5, 0.6) is 0 Å². The quantitative estimate of drug-likeness (QED) is 0.571. The molecule has 0 fully saturated rings. The van der Waals surface area contributed by atoms with E-state index in [1.54, 1.807) is 23.5 Å². The third-order valence-electron chi connectivity index (χ3n) is 5.53. The second kappa shape index (κ2) is 9.26. The van der Waals surface area contributed by atoms with Gasteiger partial charge in [-0.1, -0.05) is 48.5 Å². The molecule has 1 aliphatic rings. The molecule has 3 aromatic rings. The van der Waals surface area contributed by atoms with Crippen LogP contribution in [-0.2, 0) is 19.4 Å². The van der Waals surface area contributed by atoms with Crippen LogP contribution in [0.15, 0.2) is 60.7 Å². The van der Waals surface area contributed by atoms with E-state index in [0.29, 0.717) is 29.2 Å². The summed E-state index contributed by atoms with van der Waals surface area (Å²) in [6.45, 7) is 3.18. The van der Waals surface area contributed by atoms with Gasteiger partial charge in [0.2, 0.25) is 0 Å². The zero-order valence-corrected chi connectivity index (χ0v) is 18.0. The van der Waals surface area contributed by atoms with Gasteiger partial charge in [-0.25, -0.2) is 0 Å². The van der Waals surface area contributed by atoms with Crippen molar-refractivity contribution in [2.75, 3.05) is 11.9 Å². The average molecular weight is 419 g/mol. The first kappa shape index (κ1) is 20.4. The first-order valence-electron chi connectivity index (χ1n) is 10.5. The van der Waals surface area contributed by atoms with Crippen LogP contribution in [0.25, 0.3) is 0 Å². The molecular formula is C25H26N2O2S. The SMILES string of the molecule is CCN(Cc1ccccc1)C(=O)c1c(NC(=O)c2ccccc2)sc2c1CCCC2. The van der Waals surface area contributed by atoms with Crippen molar-refractivity contribution >= 4 is 28.2 Å². The van der Waals surface area contributed by atoms with Crippen LogP contribution in [0.1, 0.15) is 56.5 Å². The molecule has 154 valence electrons. The van der Waals surface area contributed by atoms with Gasteiger partial charge in [0.25, 0.3) is 11.8 Å². The van der Waals surface area contributed by atoms with Crippen LogP contribution >= 0.6 is 11.3 Å². The number of hydrogen-bond acceptors (Lipinski definition) is 3. The monoisotopic (exact) mass is 418 g/mol. The van der Waals surface area contributed by atoms with Gasteiger partial charge in [-0.05, 0) is 55.9 Å². The van der Waals surface area contributed by atoms with E-state index in [4.69, 9.17) is 0 Å². The Balaban J connectivity index is 1.66. The van der Waals surface area contributed by atoms with Crippen molar-refractivity contribution in [2.45, 2.75) is 39.2 Å². The summed E-state index contributed by atoms with van der Waals surface area (Å²) in [4.78, 5) is 29.5. The smallest absolute Gasteiger partial charge is 0.257 e. The summed E-state index contributed by atoms with van der Waals surface area (Å²) < 4.78 is 0. The lowest BCUT2D eigenvalue weighted by Crippen LogP contribution is -2.31. The summed E-state index contributed by atoms with van der Waals surface area (Å²) in [5.74, 6) is -0.168. The fraction of sp³-hybridized carbons (Fsp3) is 0.280. The van der Waals surface area contributed by atoms with Crippen LogP contribution in [-0.4, -0.2) is 23.3 Å². The number of aryl methyl sites for hydroxylation is 1. The molecule has 0 bridgehead atoms. The predicted molar refractivity (Wildman–Crippen MR) is 122 cm³/mol. The van der Waals surface area contributed by atoms with Gasteiger partial charge in [0, 0.05) is 23.5 Å². The summed E-state index contributed by atoms with van der Waals surface area (Å²) in [5.41, 5.74) is 3.52. The van der Waals surface area contributed by atoms with Gasteiger partial charge in [-0.3, -0.25) is 9.59 Å². The number of hydrogen-bond donors (Lipinski definition) is 1. The summed E-state index contributed by atoms with van der Waals surface area (Å²) >= 11 is 1.57. The molecule has 2 aromatic carbocycles. The van der Waals surface area contributed by atoms with Crippen LogP contribution < -0.4 is 5.32 Å². The van der Waals surface area contributed by atoms with E-state index in [0.717, 1.165) is 36.8 Å². The summed E-state index contributed by atoms with van der Waals surface area (Å²) in [7, 11) is 0. The molecule has 4 rings (SSSR count). The second-order valence-electron chi connectivity index (χ2n) is 7.54. The van der Waals surface area contributed by atoms with Crippen LogP contribution in [0, 0.1) is 0 Å². The van der Waals surface area contributed by atoms with E-state index < -0.39 is 0 Å². The number of nitrogens with one attached hydrogen (secondary N) is 1. The van der Waals surface area contributed by atoms with Crippen LogP contribution in [0.4, 0.5) is 5.00 Å². The molecule has 0 saturated heterocycles. The summed E-state index contributed by atoms with van der Waals surface area (Å²) in [6.07, 6.45) is 4.10. The number of anilines is 1. The van der Waals surface area contributed by atoms with E-state index in [-0.39, 0.29) is 11.8 Å². The Morgan fingerprint density at radius 2 is 1.63 bits per heavy atom.